The van der Waals surface area contributed by atoms with Gasteiger partial charge in [0.15, 0.2) is 0 Å². The number of carbonyl (C=O) groups is 1. The van der Waals surface area contributed by atoms with Crippen LogP contribution in [0.2, 0.25) is 0 Å². The lowest BCUT2D eigenvalue weighted by atomic mass is 10.2. The van der Waals surface area contributed by atoms with Gasteiger partial charge in [-0.25, -0.2) is 0 Å². The van der Waals surface area contributed by atoms with Crippen LogP contribution in [0, 0.1) is 0 Å². The molecule has 1 amide bonds. The maximum atomic E-state index is 11.1. The Morgan fingerprint density at radius 1 is 1.69 bits per heavy atom. The van der Waals surface area contributed by atoms with Crippen LogP contribution in [0.15, 0.2) is 10.7 Å². The van der Waals surface area contributed by atoms with E-state index in [0.29, 0.717) is 6.42 Å². The average molecular weight is 241 g/mol. The maximum Gasteiger partial charge on any atom is 0.228 e. The van der Waals surface area contributed by atoms with E-state index >= 15 is 0 Å². The van der Waals surface area contributed by atoms with Gasteiger partial charge in [0.25, 0.3) is 0 Å². The van der Waals surface area contributed by atoms with Gasteiger partial charge in [-0.3, -0.25) is 9.78 Å². The summed E-state index contributed by atoms with van der Waals surface area (Å²) in [5.41, 5.74) is 2.87. The van der Waals surface area contributed by atoms with Crippen molar-refractivity contribution in [3.05, 3.63) is 21.9 Å². The Labute approximate surface area is 84.7 Å². The molecule has 1 N–H and O–H groups in total. The van der Waals surface area contributed by atoms with E-state index in [1.165, 1.54) is 0 Å². The Morgan fingerprint density at radius 3 is 3.15 bits per heavy atom. The van der Waals surface area contributed by atoms with Crippen molar-refractivity contribution in [2.75, 3.05) is 5.32 Å². The third kappa shape index (κ3) is 1.35. The normalized spacial score (nSPS) is 14.2. The highest BCUT2D eigenvalue weighted by atomic mass is 79.9. The van der Waals surface area contributed by atoms with Gasteiger partial charge >= 0.3 is 0 Å². The second-order valence-corrected chi connectivity index (χ2v) is 3.79. The van der Waals surface area contributed by atoms with E-state index in [9.17, 15) is 4.79 Å². The van der Waals surface area contributed by atoms with Crippen LogP contribution in [0.4, 0.5) is 5.69 Å². The van der Waals surface area contributed by atoms with E-state index in [4.69, 9.17) is 0 Å². The molecule has 0 unspecified atom stereocenters. The van der Waals surface area contributed by atoms with Crippen molar-refractivity contribution >= 4 is 27.5 Å². The van der Waals surface area contributed by atoms with Crippen molar-refractivity contribution < 1.29 is 4.79 Å². The molecule has 0 bridgehead atoms. The number of aromatic nitrogens is 1. The van der Waals surface area contributed by atoms with Gasteiger partial charge in [0, 0.05) is 11.8 Å². The number of halogens is 1. The number of nitrogens with zero attached hydrogens (tertiary/aromatic N) is 1. The first kappa shape index (κ1) is 8.69. The molecule has 0 aromatic carbocycles. The molecule has 0 atom stereocenters. The lowest BCUT2D eigenvalue weighted by molar-refractivity contribution is -0.115. The SMILES string of the molecule is CCc1ncc2c(c1Br)NC(=O)C2. The van der Waals surface area contributed by atoms with Crippen molar-refractivity contribution in [2.24, 2.45) is 0 Å². The largest absolute Gasteiger partial charge is 0.324 e. The number of aryl methyl sites for hydroxylation is 1. The quantitative estimate of drug-likeness (QED) is 0.815. The van der Waals surface area contributed by atoms with Gasteiger partial charge in [0.1, 0.15) is 0 Å². The Morgan fingerprint density at radius 2 is 2.46 bits per heavy atom. The summed E-state index contributed by atoms with van der Waals surface area (Å²) in [5.74, 6) is 0.0470. The summed E-state index contributed by atoms with van der Waals surface area (Å²) in [5, 5.41) is 2.81. The van der Waals surface area contributed by atoms with Gasteiger partial charge in [-0.15, -0.1) is 0 Å². The van der Waals surface area contributed by atoms with Crippen LogP contribution in [0.5, 0.6) is 0 Å². The molecule has 4 heteroatoms. The highest BCUT2D eigenvalue weighted by Crippen LogP contribution is 2.32. The summed E-state index contributed by atoms with van der Waals surface area (Å²) >= 11 is 3.44. The standard InChI is InChI=1S/C9H9BrN2O/c1-2-6-8(10)9-5(4-11-6)3-7(13)12-9/h4H,2-3H2,1H3,(H,12,13). The van der Waals surface area contributed by atoms with E-state index < -0.39 is 0 Å². The fourth-order valence-electron chi connectivity index (χ4n) is 1.43. The van der Waals surface area contributed by atoms with Gasteiger partial charge in [-0.05, 0) is 22.4 Å². The van der Waals surface area contributed by atoms with Crippen LogP contribution in [0.25, 0.3) is 0 Å². The van der Waals surface area contributed by atoms with E-state index in [1.807, 2.05) is 6.92 Å². The molecule has 0 saturated carbocycles. The number of pyridine rings is 1. The topological polar surface area (TPSA) is 42.0 Å². The molecule has 2 rings (SSSR count). The molecule has 13 heavy (non-hydrogen) atoms. The summed E-state index contributed by atoms with van der Waals surface area (Å²) in [7, 11) is 0. The number of anilines is 1. The molecule has 68 valence electrons. The fourth-order valence-corrected chi connectivity index (χ4v) is 2.17. The van der Waals surface area contributed by atoms with Crippen molar-refractivity contribution in [1.82, 2.24) is 4.98 Å². The predicted octanol–water partition coefficient (Wildman–Crippen LogP) is 1.90. The number of hydrogen-bond donors (Lipinski definition) is 1. The molecule has 3 nitrogen and oxygen atoms in total. The summed E-state index contributed by atoms with van der Waals surface area (Å²) < 4.78 is 0.929. The second-order valence-electron chi connectivity index (χ2n) is 3.00. The number of nitrogens with one attached hydrogen (secondary N) is 1. The molecule has 0 aliphatic carbocycles. The average Bonchev–Trinajstić information content (AvgIpc) is 2.47. The lowest BCUT2D eigenvalue weighted by Gasteiger charge is -2.05. The number of hydrogen-bond acceptors (Lipinski definition) is 2. The zero-order valence-electron chi connectivity index (χ0n) is 7.22. The predicted molar refractivity (Wildman–Crippen MR) is 53.6 cm³/mol. The molecular formula is C9H9BrN2O. The van der Waals surface area contributed by atoms with Crippen LogP contribution in [0.1, 0.15) is 18.2 Å². The van der Waals surface area contributed by atoms with Crippen LogP contribution < -0.4 is 5.32 Å². The van der Waals surface area contributed by atoms with Gasteiger partial charge < -0.3 is 5.32 Å². The number of fused-ring (bicyclic) bond motifs is 1. The first-order chi connectivity index (χ1) is 6.22. The number of carbonyl (C=O) groups excluding carboxylic acids is 1. The molecule has 0 radical (unpaired) electrons. The monoisotopic (exact) mass is 240 g/mol. The maximum absolute atomic E-state index is 11.1. The molecule has 0 saturated heterocycles. The third-order valence-electron chi connectivity index (χ3n) is 2.12. The minimum absolute atomic E-state index is 0.0470. The van der Waals surface area contributed by atoms with Crippen molar-refractivity contribution in [2.45, 2.75) is 19.8 Å². The Hall–Kier alpha value is -0.900. The van der Waals surface area contributed by atoms with Gasteiger partial charge in [0.05, 0.1) is 22.3 Å². The minimum Gasteiger partial charge on any atom is -0.324 e. The van der Waals surface area contributed by atoms with E-state index in [2.05, 4.69) is 26.2 Å². The molecule has 1 aromatic rings. The van der Waals surface area contributed by atoms with E-state index in [1.54, 1.807) is 6.20 Å². The molecule has 0 spiro atoms. The second kappa shape index (κ2) is 3.10. The van der Waals surface area contributed by atoms with Crippen LogP contribution in [-0.4, -0.2) is 10.9 Å². The van der Waals surface area contributed by atoms with Gasteiger partial charge in [-0.1, -0.05) is 6.92 Å². The van der Waals surface area contributed by atoms with Gasteiger partial charge in [0.2, 0.25) is 5.91 Å². The van der Waals surface area contributed by atoms with Crippen LogP contribution in [-0.2, 0) is 17.6 Å². The Kier molecular flexibility index (Phi) is 2.07. The van der Waals surface area contributed by atoms with Crippen LogP contribution in [0.3, 0.4) is 0 Å². The first-order valence-electron chi connectivity index (χ1n) is 4.18. The zero-order valence-corrected chi connectivity index (χ0v) is 8.81. The minimum atomic E-state index is 0.0470. The van der Waals surface area contributed by atoms with Crippen molar-refractivity contribution in [3.63, 3.8) is 0 Å². The summed E-state index contributed by atoms with van der Waals surface area (Å²) in [6.45, 7) is 2.04. The highest BCUT2D eigenvalue weighted by molar-refractivity contribution is 9.10. The van der Waals surface area contributed by atoms with Crippen molar-refractivity contribution in [3.8, 4) is 0 Å². The summed E-state index contributed by atoms with van der Waals surface area (Å²) in [6, 6.07) is 0. The molecule has 1 aliphatic heterocycles. The van der Waals surface area contributed by atoms with E-state index in [0.717, 1.165) is 27.8 Å². The molecule has 0 fully saturated rings. The molecule has 1 aliphatic rings. The smallest absolute Gasteiger partial charge is 0.228 e. The third-order valence-corrected chi connectivity index (χ3v) is 2.97. The lowest BCUT2D eigenvalue weighted by Crippen LogP contribution is -2.04. The van der Waals surface area contributed by atoms with Crippen LogP contribution >= 0.6 is 15.9 Å². The Balaban J connectivity index is 2.54. The van der Waals surface area contributed by atoms with Crippen molar-refractivity contribution in [1.29, 1.82) is 0 Å². The first-order valence-corrected chi connectivity index (χ1v) is 4.97. The summed E-state index contributed by atoms with van der Waals surface area (Å²) in [4.78, 5) is 15.4. The zero-order chi connectivity index (χ0) is 9.42. The molecule has 2 heterocycles. The summed E-state index contributed by atoms with van der Waals surface area (Å²) in [6.07, 6.45) is 3.09. The van der Waals surface area contributed by atoms with Gasteiger partial charge in [-0.2, -0.15) is 0 Å². The number of rotatable bonds is 1. The fraction of sp³-hybridized carbons (Fsp3) is 0.333. The Bertz CT molecular complexity index is 376. The van der Waals surface area contributed by atoms with E-state index in [-0.39, 0.29) is 5.91 Å². The highest BCUT2D eigenvalue weighted by Gasteiger charge is 2.21. The molecular weight excluding hydrogens is 232 g/mol. The molecule has 1 aromatic heterocycles. The number of amides is 1.